The fourth-order valence-corrected chi connectivity index (χ4v) is 4.53. The van der Waals surface area contributed by atoms with Gasteiger partial charge in [-0.05, 0) is 31.1 Å². The first kappa shape index (κ1) is 13.2. The zero-order chi connectivity index (χ0) is 13.5. The number of piperidine rings is 1. The quantitative estimate of drug-likeness (QED) is 0.905. The molecule has 0 radical (unpaired) electrons. The van der Waals surface area contributed by atoms with E-state index < -0.39 is 5.97 Å². The normalized spacial score (nSPS) is 22.1. The van der Waals surface area contributed by atoms with Crippen LogP contribution >= 0.6 is 22.9 Å². The molecule has 19 heavy (non-hydrogen) atoms. The summed E-state index contributed by atoms with van der Waals surface area (Å²) in [5.74, 6) is -0.988. The van der Waals surface area contributed by atoms with Crippen molar-refractivity contribution < 1.29 is 9.90 Å². The fraction of sp³-hybridized carbons (Fsp3) is 0.692. The predicted octanol–water partition coefficient (Wildman–Crippen LogP) is 3.66. The molecule has 0 bridgehead atoms. The molecule has 1 aromatic heterocycles. The van der Waals surface area contributed by atoms with Crippen molar-refractivity contribution in [1.29, 1.82) is 0 Å². The molecule has 1 aliphatic heterocycles. The van der Waals surface area contributed by atoms with Gasteiger partial charge in [0.15, 0.2) is 15.2 Å². The lowest BCUT2D eigenvalue weighted by Crippen LogP contribution is -2.38. The van der Waals surface area contributed by atoms with Crippen LogP contribution in [0.25, 0.3) is 0 Å². The van der Waals surface area contributed by atoms with Crippen LogP contribution in [0, 0.1) is 5.41 Å². The van der Waals surface area contributed by atoms with Crippen LogP contribution in [0.2, 0.25) is 5.15 Å². The Hall–Kier alpha value is -0.810. The summed E-state index contributed by atoms with van der Waals surface area (Å²) in [5.41, 5.74) is 0.563. The van der Waals surface area contributed by atoms with E-state index in [9.17, 15) is 4.79 Å². The highest BCUT2D eigenvalue weighted by molar-refractivity contribution is 7.18. The van der Waals surface area contributed by atoms with Gasteiger partial charge < -0.3 is 10.0 Å². The molecule has 2 fully saturated rings. The van der Waals surface area contributed by atoms with Gasteiger partial charge in [-0.1, -0.05) is 35.8 Å². The molecule has 4 nitrogen and oxygen atoms in total. The number of aromatic nitrogens is 1. The highest BCUT2D eigenvalue weighted by Gasteiger charge is 2.37. The lowest BCUT2D eigenvalue weighted by molar-refractivity contribution is 0.0702. The molecule has 6 heteroatoms. The molecule has 1 N–H and O–H groups in total. The molecule has 1 saturated heterocycles. The molecule has 1 aromatic rings. The van der Waals surface area contributed by atoms with Crippen LogP contribution in [0.3, 0.4) is 0 Å². The summed E-state index contributed by atoms with van der Waals surface area (Å²) in [5, 5.41) is 9.89. The Morgan fingerprint density at radius 1 is 1.26 bits per heavy atom. The molecule has 3 rings (SSSR count). The third kappa shape index (κ3) is 2.46. The molecule has 1 saturated carbocycles. The summed E-state index contributed by atoms with van der Waals surface area (Å²) in [7, 11) is 0. The van der Waals surface area contributed by atoms with E-state index >= 15 is 0 Å². The molecule has 2 heterocycles. The standard InChI is InChI=1S/C13H17ClN2O2S/c14-10-9(11(17)18)19-12(15-10)16-7-5-13(6-8-16)3-1-2-4-13/h1-8H2,(H,17,18). The molecule has 1 spiro atoms. The Morgan fingerprint density at radius 3 is 2.42 bits per heavy atom. The van der Waals surface area contributed by atoms with Gasteiger partial charge in [0.25, 0.3) is 0 Å². The van der Waals surface area contributed by atoms with E-state index in [-0.39, 0.29) is 10.0 Å². The lowest BCUT2D eigenvalue weighted by atomic mass is 9.77. The first-order chi connectivity index (χ1) is 9.10. The third-order valence-corrected chi connectivity index (χ3v) is 6.02. The van der Waals surface area contributed by atoms with Crippen molar-refractivity contribution in [3.05, 3.63) is 10.0 Å². The van der Waals surface area contributed by atoms with Crippen LogP contribution in [-0.2, 0) is 0 Å². The number of carboxylic acid groups (broad SMARTS) is 1. The molecule has 104 valence electrons. The van der Waals surface area contributed by atoms with Gasteiger partial charge in [0.2, 0.25) is 0 Å². The number of carboxylic acids is 1. The maximum absolute atomic E-state index is 11.0. The van der Waals surface area contributed by atoms with Crippen molar-refractivity contribution in [1.82, 2.24) is 4.98 Å². The highest BCUT2D eigenvalue weighted by atomic mass is 35.5. The first-order valence-corrected chi connectivity index (χ1v) is 7.94. The van der Waals surface area contributed by atoms with Crippen LogP contribution in [0.4, 0.5) is 5.13 Å². The maximum atomic E-state index is 11.0. The van der Waals surface area contributed by atoms with E-state index in [1.54, 1.807) is 0 Å². The topological polar surface area (TPSA) is 53.4 Å². The van der Waals surface area contributed by atoms with Crippen LogP contribution in [0.15, 0.2) is 0 Å². The molecule has 0 atom stereocenters. The lowest BCUT2D eigenvalue weighted by Gasteiger charge is -2.39. The number of rotatable bonds is 2. The molecular weight excluding hydrogens is 284 g/mol. The Kier molecular flexibility index (Phi) is 3.43. The number of aromatic carboxylic acids is 1. The van der Waals surface area contributed by atoms with E-state index in [2.05, 4.69) is 9.88 Å². The minimum absolute atomic E-state index is 0.119. The predicted molar refractivity (Wildman–Crippen MR) is 76.4 cm³/mol. The van der Waals surface area contributed by atoms with E-state index in [1.165, 1.54) is 49.9 Å². The van der Waals surface area contributed by atoms with Gasteiger partial charge in [-0.2, -0.15) is 0 Å². The number of nitrogens with zero attached hydrogens (tertiary/aromatic N) is 2. The van der Waals surface area contributed by atoms with Crippen LogP contribution < -0.4 is 4.90 Å². The van der Waals surface area contributed by atoms with Crippen molar-refractivity contribution >= 4 is 34.0 Å². The fourth-order valence-electron chi connectivity index (χ4n) is 3.36. The largest absolute Gasteiger partial charge is 0.477 e. The monoisotopic (exact) mass is 300 g/mol. The number of halogens is 1. The SMILES string of the molecule is O=C(O)c1sc(N2CCC3(CCCC3)CC2)nc1Cl. The second kappa shape index (κ2) is 4.94. The average Bonchev–Trinajstić information content (AvgIpc) is 2.98. The second-order valence-electron chi connectivity index (χ2n) is 5.62. The van der Waals surface area contributed by atoms with Crippen molar-refractivity contribution in [3.63, 3.8) is 0 Å². The average molecular weight is 301 g/mol. The molecule has 2 aliphatic rings. The number of anilines is 1. The Bertz CT molecular complexity index is 487. The van der Waals surface area contributed by atoms with Crippen LogP contribution in [0.5, 0.6) is 0 Å². The smallest absolute Gasteiger partial charge is 0.349 e. The van der Waals surface area contributed by atoms with Gasteiger partial charge in [-0.25, -0.2) is 9.78 Å². The Balaban J connectivity index is 1.71. The van der Waals surface area contributed by atoms with Crippen molar-refractivity contribution in [2.45, 2.75) is 38.5 Å². The number of hydrogen-bond donors (Lipinski definition) is 1. The first-order valence-electron chi connectivity index (χ1n) is 6.74. The summed E-state index contributed by atoms with van der Waals surface area (Å²) in [6.45, 7) is 1.95. The van der Waals surface area contributed by atoms with Gasteiger partial charge in [-0.3, -0.25) is 0 Å². The van der Waals surface area contributed by atoms with Crippen molar-refractivity contribution in [2.75, 3.05) is 18.0 Å². The van der Waals surface area contributed by atoms with Gasteiger partial charge in [0, 0.05) is 13.1 Å². The molecule has 1 aliphatic carbocycles. The number of hydrogen-bond acceptors (Lipinski definition) is 4. The Morgan fingerprint density at radius 2 is 1.89 bits per heavy atom. The molecule has 0 aromatic carbocycles. The maximum Gasteiger partial charge on any atom is 0.349 e. The number of thiazole rings is 1. The molecule has 0 unspecified atom stereocenters. The van der Waals surface area contributed by atoms with Crippen molar-refractivity contribution in [2.24, 2.45) is 5.41 Å². The van der Waals surface area contributed by atoms with Gasteiger partial charge >= 0.3 is 5.97 Å². The van der Waals surface area contributed by atoms with Gasteiger partial charge in [0.05, 0.1) is 0 Å². The summed E-state index contributed by atoms with van der Waals surface area (Å²) < 4.78 is 0. The highest BCUT2D eigenvalue weighted by Crippen LogP contribution is 2.47. The van der Waals surface area contributed by atoms with Gasteiger partial charge in [0.1, 0.15) is 0 Å². The van der Waals surface area contributed by atoms with Crippen LogP contribution in [0.1, 0.15) is 48.2 Å². The van der Waals surface area contributed by atoms with E-state index in [4.69, 9.17) is 16.7 Å². The Labute approximate surface area is 121 Å². The van der Waals surface area contributed by atoms with Crippen LogP contribution in [-0.4, -0.2) is 29.1 Å². The summed E-state index contributed by atoms with van der Waals surface area (Å²) >= 11 is 7.06. The van der Waals surface area contributed by atoms with E-state index in [0.717, 1.165) is 18.2 Å². The zero-order valence-electron chi connectivity index (χ0n) is 10.7. The number of carbonyl (C=O) groups is 1. The zero-order valence-corrected chi connectivity index (χ0v) is 12.3. The van der Waals surface area contributed by atoms with E-state index in [0.29, 0.717) is 5.41 Å². The van der Waals surface area contributed by atoms with Crippen molar-refractivity contribution in [3.8, 4) is 0 Å². The van der Waals surface area contributed by atoms with Gasteiger partial charge in [-0.15, -0.1) is 0 Å². The molecular formula is C13H17ClN2O2S. The summed E-state index contributed by atoms with van der Waals surface area (Å²) in [4.78, 5) is 17.5. The van der Waals surface area contributed by atoms with E-state index in [1.807, 2.05) is 0 Å². The summed E-state index contributed by atoms with van der Waals surface area (Å²) in [6, 6.07) is 0. The summed E-state index contributed by atoms with van der Waals surface area (Å²) in [6.07, 6.45) is 7.86. The second-order valence-corrected chi connectivity index (χ2v) is 6.95. The minimum atomic E-state index is -0.988. The minimum Gasteiger partial charge on any atom is -0.477 e. The molecule has 0 amide bonds. The third-order valence-electron chi connectivity index (χ3n) is 4.53.